The van der Waals surface area contributed by atoms with E-state index in [9.17, 15) is 9.59 Å². The lowest BCUT2D eigenvalue weighted by Crippen LogP contribution is -2.40. The lowest BCUT2D eigenvalue weighted by atomic mass is 9.95. The fourth-order valence-corrected chi connectivity index (χ4v) is 5.18. The molecule has 2 heterocycles. The van der Waals surface area contributed by atoms with E-state index < -0.39 is 12.0 Å². The molecule has 0 spiro atoms. The molecule has 1 aliphatic rings. The van der Waals surface area contributed by atoms with Gasteiger partial charge >= 0.3 is 5.97 Å². The Bertz CT molecular complexity index is 1480. The molecule has 8 nitrogen and oxygen atoms in total. The van der Waals surface area contributed by atoms with Crippen LogP contribution in [0, 0.1) is 0 Å². The topological polar surface area (TPSA) is 88.4 Å². The second kappa shape index (κ2) is 10.2. The molecule has 35 heavy (non-hydrogen) atoms. The highest BCUT2D eigenvalue weighted by molar-refractivity contribution is 7.07. The van der Waals surface area contributed by atoms with Crippen LogP contribution in [0.2, 0.25) is 0 Å². The molecule has 0 N–H and O–H groups in total. The van der Waals surface area contributed by atoms with E-state index in [0.29, 0.717) is 49.0 Å². The standard InChI is InChI=1S/C26H26N2O6S/c1-6-34-25(30)21-15(2)27-26-28(22(21)17-11-7-8-12-18(17)31-3)24(29)20(35-26)14-16-10-9-13-19(32-4)23(16)33-5/h7-14,22H,6H2,1-5H3/b20-14-. The minimum absolute atomic E-state index is 0.203. The van der Waals surface area contributed by atoms with Crippen molar-refractivity contribution in [2.45, 2.75) is 19.9 Å². The van der Waals surface area contributed by atoms with Crippen LogP contribution in [0.15, 0.2) is 63.5 Å². The molecule has 0 radical (unpaired) electrons. The molecule has 0 aliphatic carbocycles. The van der Waals surface area contributed by atoms with E-state index in [1.807, 2.05) is 30.3 Å². The Morgan fingerprint density at radius 3 is 2.46 bits per heavy atom. The number of para-hydroxylation sites is 2. The van der Waals surface area contributed by atoms with Gasteiger partial charge in [0.05, 0.1) is 43.7 Å². The number of esters is 1. The first kappa shape index (κ1) is 24.3. The SMILES string of the molecule is CCOC(=O)C1=C(C)N=c2s/c(=C\c3cccc(OC)c3OC)c(=O)n2C1c1ccccc1OC. The predicted molar refractivity (Wildman–Crippen MR) is 133 cm³/mol. The first-order valence-electron chi connectivity index (χ1n) is 11.0. The lowest BCUT2D eigenvalue weighted by Gasteiger charge is -2.25. The quantitative estimate of drug-likeness (QED) is 0.470. The van der Waals surface area contributed by atoms with Crippen molar-refractivity contribution in [2.24, 2.45) is 4.99 Å². The fourth-order valence-electron chi connectivity index (χ4n) is 4.14. The van der Waals surface area contributed by atoms with Crippen molar-refractivity contribution in [3.8, 4) is 17.2 Å². The Hall–Kier alpha value is -3.85. The van der Waals surface area contributed by atoms with Gasteiger partial charge in [0.1, 0.15) is 11.8 Å². The van der Waals surface area contributed by atoms with Gasteiger partial charge in [0.25, 0.3) is 5.56 Å². The molecule has 0 fully saturated rings. The van der Waals surface area contributed by atoms with Crippen molar-refractivity contribution in [3.63, 3.8) is 0 Å². The number of allylic oxidation sites excluding steroid dienone is 1. The molecule has 1 aromatic heterocycles. The number of rotatable bonds is 7. The highest BCUT2D eigenvalue weighted by Crippen LogP contribution is 2.36. The van der Waals surface area contributed by atoms with Gasteiger partial charge in [0, 0.05) is 11.1 Å². The van der Waals surface area contributed by atoms with E-state index in [2.05, 4.69) is 4.99 Å². The first-order chi connectivity index (χ1) is 16.9. The normalized spacial score (nSPS) is 15.3. The maximum Gasteiger partial charge on any atom is 0.338 e. The van der Waals surface area contributed by atoms with E-state index in [4.69, 9.17) is 18.9 Å². The molecule has 0 saturated carbocycles. The summed E-state index contributed by atoms with van der Waals surface area (Å²) < 4.78 is 23.8. The molecule has 4 rings (SSSR count). The number of fused-ring (bicyclic) bond motifs is 1. The number of hydrogen-bond acceptors (Lipinski definition) is 8. The Balaban J connectivity index is 2.00. The van der Waals surface area contributed by atoms with Gasteiger partial charge in [-0.15, -0.1) is 0 Å². The maximum atomic E-state index is 13.8. The summed E-state index contributed by atoms with van der Waals surface area (Å²) in [4.78, 5) is 31.9. The molecule has 0 saturated heterocycles. The van der Waals surface area contributed by atoms with Crippen LogP contribution in [0.5, 0.6) is 17.2 Å². The number of carbonyl (C=O) groups excluding carboxylic acids is 1. The van der Waals surface area contributed by atoms with Crippen LogP contribution in [0.3, 0.4) is 0 Å². The van der Waals surface area contributed by atoms with Crippen molar-refractivity contribution >= 4 is 23.4 Å². The molecule has 1 unspecified atom stereocenters. The molecular formula is C26H26N2O6S. The number of benzene rings is 2. The van der Waals surface area contributed by atoms with E-state index in [-0.39, 0.29) is 12.2 Å². The van der Waals surface area contributed by atoms with E-state index >= 15 is 0 Å². The molecule has 0 bridgehead atoms. The number of methoxy groups -OCH3 is 3. The summed E-state index contributed by atoms with van der Waals surface area (Å²) in [5, 5.41) is 0. The second-order valence-corrected chi connectivity index (χ2v) is 8.64. The average Bonchev–Trinajstić information content (AvgIpc) is 3.17. The largest absolute Gasteiger partial charge is 0.496 e. The molecule has 9 heteroatoms. The van der Waals surface area contributed by atoms with Gasteiger partial charge in [-0.2, -0.15) is 0 Å². The fraction of sp³-hybridized carbons (Fsp3) is 0.269. The van der Waals surface area contributed by atoms with Crippen molar-refractivity contribution in [3.05, 3.63) is 84.5 Å². The summed E-state index contributed by atoms with van der Waals surface area (Å²) in [7, 11) is 4.66. The third-order valence-electron chi connectivity index (χ3n) is 5.67. The van der Waals surface area contributed by atoms with Crippen molar-refractivity contribution in [1.29, 1.82) is 0 Å². The van der Waals surface area contributed by atoms with Crippen LogP contribution in [0.1, 0.15) is 31.0 Å². The molecule has 3 aromatic rings. The smallest absolute Gasteiger partial charge is 0.338 e. The van der Waals surface area contributed by atoms with Crippen LogP contribution in [-0.4, -0.2) is 38.5 Å². The van der Waals surface area contributed by atoms with Crippen LogP contribution in [-0.2, 0) is 9.53 Å². The number of aromatic nitrogens is 1. The maximum absolute atomic E-state index is 13.8. The van der Waals surface area contributed by atoms with E-state index in [0.717, 1.165) is 0 Å². The third kappa shape index (κ3) is 4.35. The van der Waals surface area contributed by atoms with E-state index in [1.165, 1.54) is 15.9 Å². The molecule has 0 amide bonds. The predicted octanol–water partition coefficient (Wildman–Crippen LogP) is 2.82. The number of ether oxygens (including phenoxy) is 4. The van der Waals surface area contributed by atoms with Crippen LogP contribution in [0.25, 0.3) is 6.08 Å². The van der Waals surface area contributed by atoms with Crippen LogP contribution >= 0.6 is 11.3 Å². The highest BCUT2D eigenvalue weighted by atomic mass is 32.1. The summed E-state index contributed by atoms with van der Waals surface area (Å²) in [5.41, 5.74) is 1.86. The number of thiazole rings is 1. The molecule has 1 aliphatic heterocycles. The van der Waals surface area contributed by atoms with Gasteiger partial charge in [-0.1, -0.05) is 41.7 Å². The van der Waals surface area contributed by atoms with Gasteiger partial charge in [-0.05, 0) is 32.1 Å². The Morgan fingerprint density at radius 2 is 1.77 bits per heavy atom. The zero-order chi connectivity index (χ0) is 25.1. The molecule has 2 aromatic carbocycles. The molecular weight excluding hydrogens is 468 g/mol. The number of carbonyl (C=O) groups is 1. The summed E-state index contributed by atoms with van der Waals surface area (Å²) in [6, 6.07) is 12.0. The van der Waals surface area contributed by atoms with Crippen LogP contribution in [0.4, 0.5) is 0 Å². The average molecular weight is 495 g/mol. The zero-order valence-corrected chi connectivity index (χ0v) is 21.0. The van der Waals surface area contributed by atoms with Crippen molar-refractivity contribution < 1.29 is 23.7 Å². The second-order valence-electron chi connectivity index (χ2n) is 7.63. The van der Waals surface area contributed by atoms with Gasteiger partial charge in [0.15, 0.2) is 16.3 Å². The minimum Gasteiger partial charge on any atom is -0.496 e. The molecule has 182 valence electrons. The lowest BCUT2D eigenvalue weighted by molar-refractivity contribution is -0.139. The monoisotopic (exact) mass is 494 g/mol. The van der Waals surface area contributed by atoms with Gasteiger partial charge in [-0.3, -0.25) is 9.36 Å². The molecule has 1 atom stereocenters. The number of hydrogen-bond donors (Lipinski definition) is 0. The zero-order valence-electron chi connectivity index (χ0n) is 20.2. The van der Waals surface area contributed by atoms with Crippen molar-refractivity contribution in [2.75, 3.05) is 27.9 Å². The Morgan fingerprint density at radius 1 is 1.06 bits per heavy atom. The van der Waals surface area contributed by atoms with Gasteiger partial charge in [0.2, 0.25) is 0 Å². The van der Waals surface area contributed by atoms with Gasteiger partial charge < -0.3 is 18.9 Å². The van der Waals surface area contributed by atoms with Crippen LogP contribution < -0.4 is 29.1 Å². The van der Waals surface area contributed by atoms with E-state index in [1.54, 1.807) is 53.4 Å². The third-order valence-corrected chi connectivity index (χ3v) is 6.65. The first-order valence-corrected chi connectivity index (χ1v) is 11.8. The highest BCUT2D eigenvalue weighted by Gasteiger charge is 2.35. The summed E-state index contributed by atoms with van der Waals surface area (Å²) in [6.45, 7) is 3.69. The Labute approximate surface area is 206 Å². The summed E-state index contributed by atoms with van der Waals surface area (Å²) in [6.07, 6.45) is 1.74. The van der Waals surface area contributed by atoms with Gasteiger partial charge in [-0.25, -0.2) is 9.79 Å². The Kier molecular flexibility index (Phi) is 7.07. The summed E-state index contributed by atoms with van der Waals surface area (Å²) in [5.74, 6) is 1.11. The number of nitrogens with zero attached hydrogens (tertiary/aromatic N) is 2. The van der Waals surface area contributed by atoms with Crippen molar-refractivity contribution in [1.82, 2.24) is 4.57 Å². The summed E-state index contributed by atoms with van der Waals surface area (Å²) >= 11 is 1.24. The minimum atomic E-state index is -0.754.